The first-order chi connectivity index (χ1) is 8.50. The van der Waals surface area contributed by atoms with Crippen molar-refractivity contribution < 1.29 is 14.4 Å². The van der Waals surface area contributed by atoms with Gasteiger partial charge in [-0.05, 0) is 5.92 Å². The number of carbonyl (C=O) groups is 3. The predicted molar refractivity (Wildman–Crippen MR) is 68.2 cm³/mol. The van der Waals surface area contributed by atoms with Gasteiger partial charge in [0.2, 0.25) is 5.78 Å². The minimum absolute atomic E-state index is 0.132. The van der Waals surface area contributed by atoms with Crippen LogP contribution in [0.5, 0.6) is 0 Å². The highest BCUT2D eigenvalue weighted by atomic mass is 16.2. The Hall–Kier alpha value is -1.97. The maximum atomic E-state index is 11.7. The zero-order chi connectivity index (χ0) is 13.5. The molecule has 1 N–H and O–H groups in total. The Morgan fingerprint density at radius 2 is 1.72 bits per heavy atom. The molecular weight excluding hydrogens is 230 g/mol. The predicted octanol–water partition coefficient (Wildman–Crippen LogP) is 1.60. The summed E-state index contributed by atoms with van der Waals surface area (Å²) in [5.41, 5.74) is 0.522. The van der Waals surface area contributed by atoms with Crippen LogP contribution in [0, 0.1) is 5.92 Å². The van der Waals surface area contributed by atoms with Crippen molar-refractivity contribution >= 4 is 17.5 Å². The molecule has 18 heavy (non-hydrogen) atoms. The van der Waals surface area contributed by atoms with E-state index in [0.29, 0.717) is 5.56 Å². The molecule has 0 spiro atoms. The van der Waals surface area contributed by atoms with E-state index in [-0.39, 0.29) is 24.7 Å². The Balaban J connectivity index is 2.44. The molecule has 0 unspecified atom stereocenters. The zero-order valence-corrected chi connectivity index (χ0v) is 10.6. The Labute approximate surface area is 106 Å². The van der Waals surface area contributed by atoms with Gasteiger partial charge in [0.1, 0.15) is 0 Å². The van der Waals surface area contributed by atoms with E-state index in [2.05, 4.69) is 5.32 Å². The van der Waals surface area contributed by atoms with Crippen molar-refractivity contribution in [1.82, 2.24) is 5.32 Å². The summed E-state index contributed by atoms with van der Waals surface area (Å²) >= 11 is 0. The zero-order valence-electron chi connectivity index (χ0n) is 10.6. The van der Waals surface area contributed by atoms with Gasteiger partial charge in [0.15, 0.2) is 5.78 Å². The van der Waals surface area contributed by atoms with Crippen LogP contribution in [0.3, 0.4) is 0 Å². The van der Waals surface area contributed by atoms with Crippen molar-refractivity contribution in [3.63, 3.8) is 0 Å². The summed E-state index contributed by atoms with van der Waals surface area (Å²) in [7, 11) is 0. The van der Waals surface area contributed by atoms with Crippen LogP contribution in [0.25, 0.3) is 0 Å². The van der Waals surface area contributed by atoms with Gasteiger partial charge in [-0.2, -0.15) is 0 Å². The van der Waals surface area contributed by atoms with Crippen LogP contribution in [-0.4, -0.2) is 24.0 Å². The molecule has 0 radical (unpaired) electrons. The molecule has 1 aromatic rings. The maximum Gasteiger partial charge on any atom is 0.287 e. The van der Waals surface area contributed by atoms with Gasteiger partial charge in [0.05, 0.1) is 6.54 Å². The lowest BCUT2D eigenvalue weighted by molar-refractivity contribution is -0.138. The van der Waals surface area contributed by atoms with Gasteiger partial charge < -0.3 is 5.32 Å². The van der Waals surface area contributed by atoms with E-state index in [1.807, 2.05) is 19.9 Å². The first-order valence-electron chi connectivity index (χ1n) is 5.90. The minimum atomic E-state index is -0.687. The van der Waals surface area contributed by atoms with Crippen LogP contribution >= 0.6 is 0 Å². The molecule has 4 heteroatoms. The van der Waals surface area contributed by atoms with Crippen molar-refractivity contribution in [1.29, 1.82) is 0 Å². The monoisotopic (exact) mass is 247 g/mol. The van der Waals surface area contributed by atoms with Crippen LogP contribution in [0.1, 0.15) is 30.6 Å². The number of Topliss-reactive ketones (excluding diaryl/α,β-unsaturated/α-hetero) is 2. The lowest BCUT2D eigenvalue weighted by Gasteiger charge is -2.05. The topological polar surface area (TPSA) is 63.2 Å². The number of amides is 1. The van der Waals surface area contributed by atoms with Gasteiger partial charge >= 0.3 is 0 Å². The molecule has 0 saturated carbocycles. The van der Waals surface area contributed by atoms with Gasteiger partial charge in [0.25, 0.3) is 5.91 Å². The first kappa shape index (κ1) is 14.1. The van der Waals surface area contributed by atoms with Gasteiger partial charge in [-0.3, -0.25) is 14.4 Å². The fraction of sp³-hybridized carbons (Fsp3) is 0.357. The summed E-state index contributed by atoms with van der Waals surface area (Å²) in [4.78, 5) is 34.4. The van der Waals surface area contributed by atoms with Gasteiger partial charge in [-0.1, -0.05) is 44.2 Å². The smallest absolute Gasteiger partial charge is 0.287 e. The number of hydrogen-bond donors (Lipinski definition) is 1. The third-order valence-corrected chi connectivity index (χ3v) is 2.35. The molecule has 4 nitrogen and oxygen atoms in total. The minimum Gasteiger partial charge on any atom is -0.342 e. The van der Waals surface area contributed by atoms with E-state index < -0.39 is 11.7 Å². The van der Waals surface area contributed by atoms with Crippen LogP contribution in [0.15, 0.2) is 30.3 Å². The molecule has 1 rings (SSSR count). The summed E-state index contributed by atoms with van der Waals surface area (Å²) in [5.74, 6) is -1.24. The van der Waals surface area contributed by atoms with E-state index in [9.17, 15) is 14.4 Å². The molecular formula is C14H17NO3. The standard InChI is InChI=1S/C14H17NO3/c1-10(2)8-12(16)14(18)15-9-13(17)11-6-4-3-5-7-11/h3-7,10H,8-9H2,1-2H3,(H,15,18). The lowest BCUT2D eigenvalue weighted by Crippen LogP contribution is -2.35. The van der Waals surface area contributed by atoms with Crippen LogP contribution in [-0.2, 0) is 9.59 Å². The third-order valence-electron chi connectivity index (χ3n) is 2.35. The summed E-state index contributed by atoms with van der Waals surface area (Å²) in [6.07, 6.45) is 0.200. The first-order valence-corrected chi connectivity index (χ1v) is 5.90. The van der Waals surface area contributed by atoms with Crippen molar-refractivity contribution in [3.8, 4) is 0 Å². The largest absolute Gasteiger partial charge is 0.342 e. The molecule has 0 aromatic heterocycles. The van der Waals surface area contributed by atoms with Crippen molar-refractivity contribution in [2.24, 2.45) is 5.92 Å². The van der Waals surface area contributed by atoms with Crippen molar-refractivity contribution in [2.45, 2.75) is 20.3 Å². The highest BCUT2D eigenvalue weighted by molar-refractivity contribution is 6.36. The van der Waals surface area contributed by atoms with E-state index >= 15 is 0 Å². The molecule has 1 aromatic carbocycles. The second-order valence-corrected chi connectivity index (χ2v) is 4.49. The van der Waals surface area contributed by atoms with E-state index in [0.717, 1.165) is 0 Å². The average molecular weight is 247 g/mol. The van der Waals surface area contributed by atoms with Crippen LogP contribution < -0.4 is 5.32 Å². The lowest BCUT2D eigenvalue weighted by atomic mass is 10.1. The second-order valence-electron chi connectivity index (χ2n) is 4.49. The van der Waals surface area contributed by atoms with Gasteiger partial charge in [0, 0.05) is 12.0 Å². The molecule has 0 aliphatic heterocycles. The third kappa shape index (κ3) is 4.49. The number of benzene rings is 1. The van der Waals surface area contributed by atoms with E-state index in [1.165, 1.54) is 0 Å². The number of carbonyl (C=O) groups excluding carboxylic acids is 3. The summed E-state index contributed by atoms with van der Waals surface area (Å²) in [5, 5.41) is 2.35. The highest BCUT2D eigenvalue weighted by Crippen LogP contribution is 2.01. The molecule has 0 aliphatic rings. The molecule has 1 amide bonds. The fourth-order valence-electron chi connectivity index (χ4n) is 1.45. The van der Waals surface area contributed by atoms with Crippen molar-refractivity contribution in [2.75, 3.05) is 6.54 Å². The number of ketones is 2. The second kappa shape index (κ2) is 6.69. The van der Waals surface area contributed by atoms with Gasteiger partial charge in [-0.15, -0.1) is 0 Å². The number of rotatable bonds is 6. The number of nitrogens with one attached hydrogen (secondary N) is 1. The van der Waals surface area contributed by atoms with E-state index in [1.54, 1.807) is 24.3 Å². The van der Waals surface area contributed by atoms with Crippen LogP contribution in [0.4, 0.5) is 0 Å². The summed E-state index contributed by atoms with van der Waals surface area (Å²) in [6.45, 7) is 3.58. The highest BCUT2D eigenvalue weighted by Gasteiger charge is 2.16. The summed E-state index contributed by atoms with van der Waals surface area (Å²) < 4.78 is 0. The summed E-state index contributed by atoms with van der Waals surface area (Å²) in [6, 6.07) is 8.65. The Kier molecular flexibility index (Phi) is 5.24. The SMILES string of the molecule is CC(C)CC(=O)C(=O)NCC(=O)c1ccccc1. The molecule has 96 valence electrons. The average Bonchev–Trinajstić information content (AvgIpc) is 2.35. The normalized spacial score (nSPS) is 10.2. The number of hydrogen-bond acceptors (Lipinski definition) is 3. The quantitative estimate of drug-likeness (QED) is 0.613. The molecule has 0 fully saturated rings. The van der Waals surface area contributed by atoms with Crippen LogP contribution in [0.2, 0.25) is 0 Å². The molecule has 0 atom stereocenters. The Morgan fingerprint density at radius 3 is 2.28 bits per heavy atom. The van der Waals surface area contributed by atoms with Gasteiger partial charge in [-0.25, -0.2) is 0 Å². The Morgan fingerprint density at radius 1 is 1.11 bits per heavy atom. The molecule has 0 heterocycles. The molecule has 0 bridgehead atoms. The Bertz CT molecular complexity index is 438. The van der Waals surface area contributed by atoms with E-state index in [4.69, 9.17) is 0 Å². The molecule has 0 saturated heterocycles. The maximum absolute atomic E-state index is 11.7. The van der Waals surface area contributed by atoms with Crippen molar-refractivity contribution in [3.05, 3.63) is 35.9 Å². The fourth-order valence-corrected chi connectivity index (χ4v) is 1.45. The molecule has 0 aliphatic carbocycles.